The van der Waals surface area contributed by atoms with E-state index in [2.05, 4.69) is 15.1 Å². The monoisotopic (exact) mass is 319 g/mol. The first-order chi connectivity index (χ1) is 10.5. The second-order valence-electron chi connectivity index (χ2n) is 4.50. The van der Waals surface area contributed by atoms with Crippen molar-refractivity contribution in [3.05, 3.63) is 53.3 Å². The average Bonchev–Trinajstić information content (AvgIpc) is 2.85. The average molecular weight is 320 g/mol. The number of hydrogen-bond donors (Lipinski definition) is 1. The fourth-order valence-electron chi connectivity index (χ4n) is 1.88. The van der Waals surface area contributed by atoms with Gasteiger partial charge >= 0.3 is 0 Å². The van der Waals surface area contributed by atoms with Crippen LogP contribution in [0.15, 0.2) is 36.7 Å². The molecule has 0 radical (unpaired) electrons. The van der Waals surface area contributed by atoms with Gasteiger partial charge in [0.15, 0.2) is 5.15 Å². The summed E-state index contributed by atoms with van der Waals surface area (Å²) >= 11 is 5.83. The van der Waals surface area contributed by atoms with E-state index in [1.54, 1.807) is 25.1 Å². The maximum absolute atomic E-state index is 13.4. The Morgan fingerprint density at radius 1 is 1.27 bits per heavy atom. The summed E-state index contributed by atoms with van der Waals surface area (Å²) in [6.45, 7) is 1.79. The number of benzene rings is 1. The summed E-state index contributed by atoms with van der Waals surface area (Å²) in [6.07, 6.45) is 1.24. The standard InChI is InChI=1S/C14H11ClFN5O/c1-8-5-11(22-14-12(17)13(15)18-7-19-14)21(20-8)10-4-2-3-9(16)6-10/h2-7H,17H2,1H3. The molecule has 2 N–H and O–H groups in total. The molecule has 0 fully saturated rings. The van der Waals surface area contributed by atoms with Crippen molar-refractivity contribution in [3.63, 3.8) is 0 Å². The Balaban J connectivity index is 2.03. The minimum Gasteiger partial charge on any atom is -0.418 e. The van der Waals surface area contributed by atoms with E-state index in [0.29, 0.717) is 17.3 Å². The predicted octanol–water partition coefficient (Wildman–Crippen LogP) is 3.14. The van der Waals surface area contributed by atoms with E-state index in [1.165, 1.54) is 23.1 Å². The van der Waals surface area contributed by atoms with E-state index in [1.807, 2.05) is 0 Å². The summed E-state index contributed by atoms with van der Waals surface area (Å²) in [7, 11) is 0. The van der Waals surface area contributed by atoms with E-state index >= 15 is 0 Å². The normalized spacial score (nSPS) is 10.7. The van der Waals surface area contributed by atoms with Gasteiger partial charge in [0.25, 0.3) is 0 Å². The van der Waals surface area contributed by atoms with Gasteiger partial charge in [0, 0.05) is 6.07 Å². The third-order valence-corrected chi connectivity index (χ3v) is 3.15. The molecule has 0 aliphatic carbocycles. The van der Waals surface area contributed by atoms with Crippen LogP contribution in [0, 0.1) is 12.7 Å². The minimum absolute atomic E-state index is 0.0959. The molecule has 0 amide bonds. The predicted molar refractivity (Wildman–Crippen MR) is 79.8 cm³/mol. The Morgan fingerprint density at radius 2 is 2.09 bits per heavy atom. The maximum atomic E-state index is 13.4. The SMILES string of the molecule is Cc1cc(Oc2ncnc(Cl)c2N)n(-c2cccc(F)c2)n1. The van der Waals surface area contributed by atoms with E-state index in [0.717, 1.165) is 0 Å². The molecule has 0 aliphatic rings. The zero-order chi connectivity index (χ0) is 15.7. The van der Waals surface area contributed by atoms with Gasteiger partial charge in [-0.1, -0.05) is 17.7 Å². The summed E-state index contributed by atoms with van der Waals surface area (Å²) in [6, 6.07) is 7.67. The van der Waals surface area contributed by atoms with E-state index in [4.69, 9.17) is 22.1 Å². The van der Waals surface area contributed by atoms with Crippen molar-refractivity contribution in [2.24, 2.45) is 0 Å². The molecular formula is C14H11ClFN5O. The van der Waals surface area contributed by atoms with Gasteiger partial charge in [-0.05, 0) is 25.1 Å². The van der Waals surface area contributed by atoms with Crippen molar-refractivity contribution in [2.45, 2.75) is 6.92 Å². The van der Waals surface area contributed by atoms with Crippen LogP contribution in [0.4, 0.5) is 10.1 Å². The van der Waals surface area contributed by atoms with Crippen molar-refractivity contribution in [3.8, 4) is 17.4 Å². The number of halogens is 2. The van der Waals surface area contributed by atoms with Crippen LogP contribution in [-0.2, 0) is 0 Å². The Bertz CT molecular complexity index is 836. The van der Waals surface area contributed by atoms with Crippen molar-refractivity contribution in [1.82, 2.24) is 19.7 Å². The highest BCUT2D eigenvalue weighted by Crippen LogP contribution is 2.30. The number of aryl methyl sites for hydroxylation is 1. The molecule has 0 unspecified atom stereocenters. The molecule has 0 spiro atoms. The van der Waals surface area contributed by atoms with Crippen LogP contribution in [-0.4, -0.2) is 19.7 Å². The lowest BCUT2D eigenvalue weighted by Gasteiger charge is -2.09. The van der Waals surface area contributed by atoms with Crippen molar-refractivity contribution in [2.75, 3.05) is 5.73 Å². The Kier molecular flexibility index (Phi) is 3.64. The molecule has 0 aliphatic heterocycles. The van der Waals surface area contributed by atoms with Gasteiger partial charge in [-0.25, -0.2) is 14.1 Å². The lowest BCUT2D eigenvalue weighted by atomic mass is 10.3. The molecule has 3 aromatic rings. The second kappa shape index (κ2) is 5.61. The molecule has 22 heavy (non-hydrogen) atoms. The molecule has 0 bridgehead atoms. The number of rotatable bonds is 3. The van der Waals surface area contributed by atoms with Gasteiger partial charge in [-0.2, -0.15) is 10.1 Å². The third kappa shape index (κ3) is 2.71. The number of ether oxygens (including phenoxy) is 1. The van der Waals surface area contributed by atoms with Crippen molar-refractivity contribution in [1.29, 1.82) is 0 Å². The summed E-state index contributed by atoms with van der Waals surface area (Å²) in [5, 5.41) is 4.37. The lowest BCUT2D eigenvalue weighted by molar-refractivity contribution is 0.429. The van der Waals surface area contributed by atoms with Gasteiger partial charge in [0.1, 0.15) is 17.8 Å². The van der Waals surface area contributed by atoms with Gasteiger partial charge in [0.2, 0.25) is 11.8 Å². The third-order valence-electron chi connectivity index (χ3n) is 2.85. The molecule has 0 saturated carbocycles. The van der Waals surface area contributed by atoms with Crippen molar-refractivity contribution >= 4 is 17.3 Å². The lowest BCUT2D eigenvalue weighted by Crippen LogP contribution is -2.03. The highest BCUT2D eigenvalue weighted by atomic mass is 35.5. The van der Waals surface area contributed by atoms with Crippen molar-refractivity contribution < 1.29 is 9.13 Å². The molecule has 2 heterocycles. The Labute approximate surface area is 130 Å². The van der Waals surface area contributed by atoms with E-state index in [-0.39, 0.29) is 22.5 Å². The summed E-state index contributed by atoms with van der Waals surface area (Å²) in [5.41, 5.74) is 7.11. The zero-order valence-corrected chi connectivity index (χ0v) is 12.3. The fraction of sp³-hybridized carbons (Fsp3) is 0.0714. The first-order valence-corrected chi connectivity index (χ1v) is 6.69. The quantitative estimate of drug-likeness (QED) is 0.750. The molecule has 1 aromatic carbocycles. The highest BCUT2D eigenvalue weighted by Gasteiger charge is 2.14. The number of aromatic nitrogens is 4. The molecule has 6 nitrogen and oxygen atoms in total. The molecule has 8 heteroatoms. The molecule has 0 atom stereocenters. The maximum Gasteiger partial charge on any atom is 0.249 e. The molecule has 0 saturated heterocycles. The molecular weight excluding hydrogens is 309 g/mol. The smallest absolute Gasteiger partial charge is 0.249 e. The summed E-state index contributed by atoms with van der Waals surface area (Å²) in [5.74, 6) is 0.0725. The number of nitrogens with zero attached hydrogens (tertiary/aromatic N) is 4. The summed E-state index contributed by atoms with van der Waals surface area (Å²) in [4.78, 5) is 7.69. The van der Waals surface area contributed by atoms with Crippen LogP contribution >= 0.6 is 11.6 Å². The zero-order valence-electron chi connectivity index (χ0n) is 11.5. The van der Waals surface area contributed by atoms with Gasteiger partial charge in [0.05, 0.1) is 11.4 Å². The number of nitrogen functional groups attached to an aromatic ring is 1. The largest absolute Gasteiger partial charge is 0.418 e. The highest BCUT2D eigenvalue weighted by molar-refractivity contribution is 6.32. The molecule has 3 rings (SSSR count). The fourth-order valence-corrected chi connectivity index (χ4v) is 2.01. The second-order valence-corrected chi connectivity index (χ2v) is 4.86. The van der Waals surface area contributed by atoms with Gasteiger partial charge in [-0.3, -0.25) is 0 Å². The summed E-state index contributed by atoms with van der Waals surface area (Å²) < 4.78 is 20.5. The first kappa shape index (κ1) is 14.3. The van der Waals surface area contributed by atoms with E-state index in [9.17, 15) is 4.39 Å². The van der Waals surface area contributed by atoms with Gasteiger partial charge < -0.3 is 10.5 Å². The molecule has 112 valence electrons. The minimum atomic E-state index is -0.374. The van der Waals surface area contributed by atoms with Crippen LogP contribution in [0.1, 0.15) is 5.69 Å². The topological polar surface area (TPSA) is 78.9 Å². The van der Waals surface area contributed by atoms with Crippen LogP contribution in [0.3, 0.4) is 0 Å². The Hall–Kier alpha value is -2.67. The number of nitrogens with two attached hydrogens (primary N) is 1. The number of anilines is 1. The molecule has 2 aromatic heterocycles. The van der Waals surface area contributed by atoms with Crippen LogP contribution in [0.2, 0.25) is 5.15 Å². The van der Waals surface area contributed by atoms with Crippen LogP contribution < -0.4 is 10.5 Å². The van der Waals surface area contributed by atoms with Crippen LogP contribution in [0.5, 0.6) is 11.8 Å². The van der Waals surface area contributed by atoms with E-state index < -0.39 is 0 Å². The van der Waals surface area contributed by atoms with Gasteiger partial charge in [-0.15, -0.1) is 0 Å². The van der Waals surface area contributed by atoms with Crippen LogP contribution in [0.25, 0.3) is 5.69 Å². The number of hydrogen-bond acceptors (Lipinski definition) is 5. The Morgan fingerprint density at radius 3 is 2.86 bits per heavy atom. The first-order valence-electron chi connectivity index (χ1n) is 6.31.